The van der Waals surface area contributed by atoms with Gasteiger partial charge in [0.25, 0.3) is 0 Å². The highest BCUT2D eigenvalue weighted by Crippen LogP contribution is 2.19. The van der Waals surface area contributed by atoms with E-state index in [4.69, 9.17) is 0 Å². The molecule has 2 aromatic rings. The largest absolute Gasteiger partial charge is 0.380 e. The summed E-state index contributed by atoms with van der Waals surface area (Å²) >= 11 is 3.57. The van der Waals surface area contributed by atoms with Gasteiger partial charge in [-0.1, -0.05) is 28.1 Å². The lowest BCUT2D eigenvalue weighted by Crippen LogP contribution is -2.22. The van der Waals surface area contributed by atoms with Gasteiger partial charge in [0.1, 0.15) is 5.82 Å². The lowest BCUT2D eigenvalue weighted by molar-refractivity contribution is 0.846. The first kappa shape index (κ1) is 15.8. The van der Waals surface area contributed by atoms with Crippen LogP contribution in [0.2, 0.25) is 0 Å². The first-order valence-electron chi connectivity index (χ1n) is 7.34. The van der Waals surface area contributed by atoms with Crippen LogP contribution in [0, 0.1) is 6.92 Å². The third-order valence-electron chi connectivity index (χ3n) is 3.57. The van der Waals surface area contributed by atoms with E-state index in [0.717, 1.165) is 35.6 Å². The van der Waals surface area contributed by atoms with Crippen molar-refractivity contribution in [3.8, 4) is 0 Å². The summed E-state index contributed by atoms with van der Waals surface area (Å²) in [4.78, 5) is 6.76. The molecule has 1 aromatic carbocycles. The van der Waals surface area contributed by atoms with Crippen molar-refractivity contribution in [2.45, 2.75) is 27.3 Å². The third-order valence-corrected chi connectivity index (χ3v) is 4.42. The number of benzene rings is 1. The minimum atomic E-state index is 0.797. The number of aromatic nitrogens is 1. The predicted molar refractivity (Wildman–Crippen MR) is 94.0 cm³/mol. The molecule has 0 saturated carbocycles. The van der Waals surface area contributed by atoms with Crippen LogP contribution in [-0.4, -0.2) is 18.1 Å². The summed E-state index contributed by atoms with van der Waals surface area (Å²) in [7, 11) is 0. The molecule has 1 aromatic heterocycles. The second-order valence-electron chi connectivity index (χ2n) is 5.01. The number of nitrogens with one attached hydrogen (secondary N) is 1. The molecule has 21 heavy (non-hydrogen) atoms. The van der Waals surface area contributed by atoms with Gasteiger partial charge in [0.2, 0.25) is 0 Å². The first-order valence-corrected chi connectivity index (χ1v) is 8.13. The van der Waals surface area contributed by atoms with Crippen molar-refractivity contribution in [3.63, 3.8) is 0 Å². The number of nitrogens with zero attached hydrogens (tertiary/aromatic N) is 2. The minimum Gasteiger partial charge on any atom is -0.380 e. The summed E-state index contributed by atoms with van der Waals surface area (Å²) in [5.41, 5.74) is 3.55. The molecule has 0 spiro atoms. The Morgan fingerprint density at radius 1 is 1.14 bits per heavy atom. The van der Waals surface area contributed by atoms with Crippen molar-refractivity contribution in [1.29, 1.82) is 0 Å². The molecule has 0 fully saturated rings. The van der Waals surface area contributed by atoms with Gasteiger partial charge in [-0.3, -0.25) is 0 Å². The molecule has 0 unspecified atom stereocenters. The van der Waals surface area contributed by atoms with Crippen molar-refractivity contribution < 1.29 is 0 Å². The summed E-state index contributed by atoms with van der Waals surface area (Å²) < 4.78 is 1.15. The Bertz CT molecular complexity index is 577. The molecule has 0 aliphatic heterocycles. The summed E-state index contributed by atoms with van der Waals surface area (Å²) in [5.74, 6) is 1.03. The minimum absolute atomic E-state index is 0.797. The fourth-order valence-electron chi connectivity index (χ4n) is 2.18. The Kier molecular flexibility index (Phi) is 5.62. The van der Waals surface area contributed by atoms with Crippen molar-refractivity contribution in [1.82, 2.24) is 4.98 Å². The fourth-order valence-corrected chi connectivity index (χ4v) is 2.60. The summed E-state index contributed by atoms with van der Waals surface area (Å²) in [5, 5.41) is 3.41. The van der Waals surface area contributed by atoms with Crippen molar-refractivity contribution in [3.05, 3.63) is 52.1 Å². The summed E-state index contributed by atoms with van der Waals surface area (Å²) in [6.45, 7) is 9.14. The fraction of sp³-hybridized carbons (Fsp3) is 0.353. The zero-order valence-corrected chi connectivity index (χ0v) is 14.4. The van der Waals surface area contributed by atoms with Crippen LogP contribution in [0.1, 0.15) is 25.0 Å². The maximum absolute atomic E-state index is 4.52. The van der Waals surface area contributed by atoms with Crippen LogP contribution in [0.5, 0.6) is 0 Å². The van der Waals surface area contributed by atoms with Crippen LogP contribution in [-0.2, 0) is 6.54 Å². The number of hydrogen-bond donors (Lipinski definition) is 1. The number of halogens is 1. The van der Waals surface area contributed by atoms with Gasteiger partial charge in [0.05, 0.1) is 11.9 Å². The molecule has 2 rings (SSSR count). The molecule has 0 aliphatic carbocycles. The van der Waals surface area contributed by atoms with Crippen molar-refractivity contribution in [2.75, 3.05) is 23.3 Å². The van der Waals surface area contributed by atoms with Crippen molar-refractivity contribution in [2.24, 2.45) is 0 Å². The van der Waals surface area contributed by atoms with Gasteiger partial charge in [-0.2, -0.15) is 0 Å². The van der Waals surface area contributed by atoms with E-state index in [2.05, 4.69) is 82.2 Å². The molecule has 0 bridgehead atoms. The standard InChI is InChI=1S/C17H22BrN3/c1-4-21(5-2)17-9-8-15(12-20-17)19-11-14-7-6-13(3)16(18)10-14/h6-10,12,19H,4-5,11H2,1-3H3. The smallest absolute Gasteiger partial charge is 0.128 e. The van der Waals surface area contributed by atoms with E-state index in [9.17, 15) is 0 Å². The Hall–Kier alpha value is -1.55. The average Bonchev–Trinajstić information content (AvgIpc) is 2.51. The van der Waals surface area contributed by atoms with E-state index < -0.39 is 0 Å². The molecule has 112 valence electrons. The summed E-state index contributed by atoms with van der Waals surface area (Å²) in [6.07, 6.45) is 1.90. The SMILES string of the molecule is CCN(CC)c1ccc(NCc2ccc(C)c(Br)c2)cn1. The lowest BCUT2D eigenvalue weighted by Gasteiger charge is -2.19. The second-order valence-corrected chi connectivity index (χ2v) is 5.87. The predicted octanol–water partition coefficient (Wildman–Crippen LogP) is 4.61. The van der Waals surface area contributed by atoms with Crippen LogP contribution in [0.4, 0.5) is 11.5 Å². The quantitative estimate of drug-likeness (QED) is 0.826. The monoisotopic (exact) mass is 347 g/mol. The Morgan fingerprint density at radius 2 is 1.90 bits per heavy atom. The Morgan fingerprint density at radius 3 is 2.48 bits per heavy atom. The lowest BCUT2D eigenvalue weighted by atomic mass is 10.1. The Labute approximate surface area is 135 Å². The van der Waals surface area contributed by atoms with E-state index in [1.54, 1.807) is 0 Å². The molecule has 0 atom stereocenters. The molecule has 0 amide bonds. The third kappa shape index (κ3) is 4.21. The molecule has 0 aliphatic rings. The van der Waals surface area contributed by atoms with E-state index in [-0.39, 0.29) is 0 Å². The van der Waals surface area contributed by atoms with E-state index >= 15 is 0 Å². The number of rotatable bonds is 6. The molecular formula is C17H22BrN3. The molecular weight excluding hydrogens is 326 g/mol. The van der Waals surface area contributed by atoms with E-state index in [1.165, 1.54) is 11.1 Å². The zero-order valence-electron chi connectivity index (χ0n) is 12.9. The normalized spacial score (nSPS) is 10.5. The second kappa shape index (κ2) is 7.46. The molecule has 1 heterocycles. The highest BCUT2D eigenvalue weighted by molar-refractivity contribution is 9.10. The number of pyridine rings is 1. The number of anilines is 2. The molecule has 4 heteroatoms. The van der Waals surface area contributed by atoms with E-state index in [1.807, 2.05) is 6.20 Å². The maximum Gasteiger partial charge on any atom is 0.128 e. The van der Waals surface area contributed by atoms with Crippen LogP contribution >= 0.6 is 15.9 Å². The molecule has 0 saturated heterocycles. The van der Waals surface area contributed by atoms with Gasteiger partial charge >= 0.3 is 0 Å². The van der Waals surface area contributed by atoms with Crippen LogP contribution in [0.15, 0.2) is 41.0 Å². The van der Waals surface area contributed by atoms with Crippen LogP contribution in [0.3, 0.4) is 0 Å². The highest BCUT2D eigenvalue weighted by atomic mass is 79.9. The van der Waals surface area contributed by atoms with E-state index in [0.29, 0.717) is 0 Å². The molecule has 0 radical (unpaired) electrons. The van der Waals surface area contributed by atoms with Gasteiger partial charge in [-0.25, -0.2) is 4.98 Å². The van der Waals surface area contributed by atoms with Gasteiger partial charge in [0.15, 0.2) is 0 Å². The average molecular weight is 348 g/mol. The maximum atomic E-state index is 4.52. The molecule has 1 N–H and O–H groups in total. The highest BCUT2D eigenvalue weighted by Gasteiger charge is 2.03. The van der Waals surface area contributed by atoms with Gasteiger partial charge in [0, 0.05) is 24.1 Å². The van der Waals surface area contributed by atoms with Gasteiger partial charge in [-0.15, -0.1) is 0 Å². The Balaban J connectivity index is 1.98. The zero-order chi connectivity index (χ0) is 15.2. The first-order chi connectivity index (χ1) is 10.1. The van der Waals surface area contributed by atoms with Gasteiger partial charge in [-0.05, 0) is 50.1 Å². The van der Waals surface area contributed by atoms with Crippen molar-refractivity contribution >= 4 is 27.4 Å². The number of hydrogen-bond acceptors (Lipinski definition) is 3. The van der Waals surface area contributed by atoms with Gasteiger partial charge < -0.3 is 10.2 Å². The van der Waals surface area contributed by atoms with Crippen LogP contribution < -0.4 is 10.2 Å². The molecule has 3 nitrogen and oxygen atoms in total. The number of aryl methyl sites for hydroxylation is 1. The van der Waals surface area contributed by atoms with Crippen LogP contribution in [0.25, 0.3) is 0 Å². The topological polar surface area (TPSA) is 28.2 Å². The summed E-state index contributed by atoms with van der Waals surface area (Å²) in [6, 6.07) is 10.6.